The van der Waals surface area contributed by atoms with Crippen molar-refractivity contribution < 1.29 is 13.5 Å². The maximum Gasteiger partial charge on any atom is 0.290 e. The van der Waals surface area contributed by atoms with Gasteiger partial charge in [0.25, 0.3) is 11.1 Å². The Bertz CT molecular complexity index is 1160. The number of hydrogen-bond acceptors (Lipinski definition) is 5. The van der Waals surface area contributed by atoms with Crippen molar-refractivity contribution in [1.82, 2.24) is 14.1 Å². The molecule has 1 aromatic carbocycles. The molecule has 9 heteroatoms. The first-order chi connectivity index (χ1) is 15.3. The van der Waals surface area contributed by atoms with Crippen LogP contribution in [0.2, 0.25) is 0 Å². The van der Waals surface area contributed by atoms with Gasteiger partial charge in [0.15, 0.2) is 5.65 Å². The molecule has 0 aliphatic carbocycles. The summed E-state index contributed by atoms with van der Waals surface area (Å²) in [4.78, 5) is 29.3. The van der Waals surface area contributed by atoms with Crippen LogP contribution in [0, 0.1) is 18.6 Å². The normalized spacial score (nSPS) is 10.2. The predicted octanol–water partition coefficient (Wildman–Crippen LogP) is 4.51. The lowest BCUT2D eigenvalue weighted by Crippen LogP contribution is -2.29. The van der Waals surface area contributed by atoms with Gasteiger partial charge in [-0.25, -0.2) is 9.37 Å². The Labute approximate surface area is 186 Å². The minimum absolute atomic E-state index is 0.00871. The van der Waals surface area contributed by atoms with Crippen LogP contribution in [-0.4, -0.2) is 27.8 Å². The Morgan fingerprint density at radius 1 is 1.09 bits per heavy atom. The number of hydrogen-bond donors (Lipinski definition) is 1. The number of halogens is 2. The standard InChI is InChI=1S/C19H20F2N4O3.2C2H6/c1-11-5-6-13(12(20)9-11)23-16-14-17(24(2)19(27)15(16)21)22-10-25(18(14)26)7-4-8-28-3;2*1-2/h5-6,9-10,23H,4,7-8H2,1-3H3;2*1-2H3. The van der Waals surface area contributed by atoms with E-state index < -0.39 is 22.8 Å². The number of aryl methyl sites for hydroxylation is 3. The van der Waals surface area contributed by atoms with E-state index in [0.29, 0.717) is 25.1 Å². The third-order valence-corrected chi connectivity index (χ3v) is 4.43. The van der Waals surface area contributed by atoms with Gasteiger partial charge in [-0.15, -0.1) is 0 Å². The first-order valence-electron chi connectivity index (χ1n) is 10.6. The fourth-order valence-electron chi connectivity index (χ4n) is 2.93. The quantitative estimate of drug-likeness (QED) is 0.559. The summed E-state index contributed by atoms with van der Waals surface area (Å²) in [6.45, 7) is 10.5. The van der Waals surface area contributed by atoms with Gasteiger partial charge in [-0.1, -0.05) is 33.8 Å². The minimum Gasteiger partial charge on any atom is -0.385 e. The molecule has 0 bridgehead atoms. The van der Waals surface area contributed by atoms with Crippen LogP contribution in [0.4, 0.5) is 20.2 Å². The Kier molecular flexibility index (Phi) is 10.7. The van der Waals surface area contributed by atoms with Crippen LogP contribution in [0.1, 0.15) is 39.7 Å². The zero-order valence-corrected chi connectivity index (χ0v) is 19.8. The molecule has 0 amide bonds. The van der Waals surface area contributed by atoms with E-state index >= 15 is 0 Å². The molecule has 1 N–H and O–H groups in total. The Morgan fingerprint density at radius 2 is 1.75 bits per heavy atom. The number of nitrogens with zero attached hydrogens (tertiary/aromatic N) is 3. The number of nitrogens with one attached hydrogen (secondary N) is 1. The first-order valence-corrected chi connectivity index (χ1v) is 10.6. The molecule has 0 aliphatic heterocycles. The predicted molar refractivity (Wildman–Crippen MR) is 125 cm³/mol. The van der Waals surface area contributed by atoms with Crippen LogP contribution in [0.15, 0.2) is 34.1 Å². The summed E-state index contributed by atoms with van der Waals surface area (Å²) in [5, 5.41) is 2.45. The van der Waals surface area contributed by atoms with E-state index in [9.17, 15) is 18.4 Å². The van der Waals surface area contributed by atoms with Crippen LogP contribution in [0.25, 0.3) is 11.0 Å². The lowest BCUT2D eigenvalue weighted by Gasteiger charge is -2.15. The Morgan fingerprint density at radius 3 is 2.34 bits per heavy atom. The number of anilines is 2. The first kappa shape index (κ1) is 27.0. The summed E-state index contributed by atoms with van der Waals surface area (Å²) < 4.78 is 36.3. The zero-order valence-electron chi connectivity index (χ0n) is 19.8. The van der Waals surface area contributed by atoms with Crippen molar-refractivity contribution in [3.63, 3.8) is 0 Å². The van der Waals surface area contributed by atoms with Crippen LogP contribution in [-0.2, 0) is 18.3 Å². The molecular weight excluding hydrogens is 418 g/mol. The number of ether oxygens (including phenoxy) is 1. The molecule has 0 fully saturated rings. The number of fused-ring (bicyclic) bond motifs is 1. The molecule has 0 aliphatic rings. The van der Waals surface area contributed by atoms with Crippen molar-refractivity contribution in [2.45, 2.75) is 47.6 Å². The van der Waals surface area contributed by atoms with E-state index in [-0.39, 0.29) is 22.4 Å². The van der Waals surface area contributed by atoms with E-state index in [2.05, 4.69) is 10.3 Å². The average molecular weight is 451 g/mol. The van der Waals surface area contributed by atoms with Crippen LogP contribution in [0.3, 0.4) is 0 Å². The molecule has 7 nitrogen and oxygen atoms in total. The van der Waals surface area contributed by atoms with E-state index in [1.165, 1.54) is 30.1 Å². The van der Waals surface area contributed by atoms with Gasteiger partial charge in [0.1, 0.15) is 11.2 Å². The van der Waals surface area contributed by atoms with E-state index in [1.807, 2.05) is 27.7 Å². The van der Waals surface area contributed by atoms with Crippen molar-refractivity contribution in [3.05, 3.63) is 62.4 Å². The van der Waals surface area contributed by atoms with Crippen molar-refractivity contribution in [1.29, 1.82) is 0 Å². The second kappa shape index (κ2) is 12.7. The molecule has 0 unspecified atom stereocenters. The molecule has 2 heterocycles. The van der Waals surface area contributed by atoms with Gasteiger partial charge in [-0.3, -0.25) is 18.7 Å². The fraction of sp³-hybridized carbons (Fsp3) is 0.435. The third kappa shape index (κ3) is 5.79. The van der Waals surface area contributed by atoms with Gasteiger partial charge in [0.2, 0.25) is 5.82 Å². The second-order valence-corrected chi connectivity index (χ2v) is 6.45. The maximum atomic E-state index is 14.8. The molecule has 0 radical (unpaired) electrons. The second-order valence-electron chi connectivity index (χ2n) is 6.45. The van der Waals surface area contributed by atoms with E-state index in [0.717, 1.165) is 4.57 Å². The molecule has 176 valence electrons. The molecule has 2 aromatic heterocycles. The third-order valence-electron chi connectivity index (χ3n) is 4.43. The van der Waals surface area contributed by atoms with Crippen LogP contribution in [0.5, 0.6) is 0 Å². The highest BCUT2D eigenvalue weighted by Gasteiger charge is 2.21. The Hall–Kier alpha value is -3.07. The molecule has 3 aromatic rings. The summed E-state index contributed by atoms with van der Waals surface area (Å²) in [5.41, 5.74) is -1.25. The van der Waals surface area contributed by atoms with Gasteiger partial charge < -0.3 is 10.1 Å². The molecule has 0 saturated heterocycles. The Balaban J connectivity index is 0.00000121. The molecule has 3 rings (SSSR count). The number of pyridine rings is 1. The highest BCUT2D eigenvalue weighted by molar-refractivity contribution is 5.90. The summed E-state index contributed by atoms with van der Waals surface area (Å²) in [6, 6.07) is 4.32. The molecular formula is C23H32F2N4O3. The summed E-state index contributed by atoms with van der Waals surface area (Å²) in [6.07, 6.45) is 1.85. The van der Waals surface area contributed by atoms with Gasteiger partial charge in [0.05, 0.1) is 17.7 Å². The zero-order chi connectivity index (χ0) is 24.4. The van der Waals surface area contributed by atoms with Crippen molar-refractivity contribution >= 4 is 22.4 Å². The van der Waals surface area contributed by atoms with Gasteiger partial charge in [-0.2, -0.15) is 4.39 Å². The highest BCUT2D eigenvalue weighted by atomic mass is 19.1. The number of methoxy groups -OCH3 is 1. The van der Waals surface area contributed by atoms with Gasteiger partial charge >= 0.3 is 0 Å². The number of rotatable bonds is 6. The molecule has 0 spiro atoms. The molecule has 0 atom stereocenters. The topological polar surface area (TPSA) is 78.2 Å². The van der Waals surface area contributed by atoms with E-state index in [4.69, 9.17) is 4.74 Å². The SMILES string of the molecule is CC.CC.COCCCn1cnc2c(c(Nc3ccc(C)cc3F)c(F)c(=O)n2C)c1=O. The summed E-state index contributed by atoms with van der Waals surface area (Å²) in [7, 11) is 2.87. The highest BCUT2D eigenvalue weighted by Crippen LogP contribution is 2.26. The number of benzene rings is 1. The van der Waals surface area contributed by atoms with Crippen molar-refractivity contribution in [2.24, 2.45) is 7.05 Å². The molecule has 0 saturated carbocycles. The van der Waals surface area contributed by atoms with Crippen LogP contribution < -0.4 is 16.4 Å². The van der Waals surface area contributed by atoms with E-state index in [1.54, 1.807) is 20.1 Å². The fourth-order valence-corrected chi connectivity index (χ4v) is 2.93. The van der Waals surface area contributed by atoms with Crippen molar-refractivity contribution in [3.8, 4) is 0 Å². The lowest BCUT2D eigenvalue weighted by molar-refractivity contribution is 0.190. The maximum absolute atomic E-state index is 14.8. The minimum atomic E-state index is -1.18. The average Bonchev–Trinajstić information content (AvgIpc) is 2.80. The summed E-state index contributed by atoms with van der Waals surface area (Å²) >= 11 is 0. The lowest BCUT2D eigenvalue weighted by atomic mass is 10.2. The monoisotopic (exact) mass is 450 g/mol. The van der Waals surface area contributed by atoms with Crippen molar-refractivity contribution in [2.75, 3.05) is 19.0 Å². The smallest absolute Gasteiger partial charge is 0.290 e. The summed E-state index contributed by atoms with van der Waals surface area (Å²) in [5.74, 6) is -1.80. The van der Waals surface area contributed by atoms with Crippen LogP contribution >= 0.6 is 0 Å². The van der Waals surface area contributed by atoms with Gasteiger partial charge in [-0.05, 0) is 31.0 Å². The molecule has 32 heavy (non-hydrogen) atoms. The number of aromatic nitrogens is 3. The largest absolute Gasteiger partial charge is 0.385 e. The van der Waals surface area contributed by atoms with Gasteiger partial charge in [0, 0.05) is 27.3 Å².